The Kier molecular flexibility index (Phi) is 4.56. The number of hydrogen-bond donors (Lipinski definition) is 0. The minimum absolute atomic E-state index is 0.454. The van der Waals surface area contributed by atoms with E-state index in [1.807, 2.05) is 0 Å². The van der Waals surface area contributed by atoms with Gasteiger partial charge in [-0.05, 0) is 12.8 Å². The van der Waals surface area contributed by atoms with Crippen molar-refractivity contribution in [2.45, 2.75) is 64.0 Å². The molecule has 0 aromatic rings. The highest BCUT2D eigenvalue weighted by Gasteiger charge is 2.11. The van der Waals surface area contributed by atoms with Crippen LogP contribution in [0.4, 0.5) is 4.39 Å². The Bertz CT molecular complexity index is 73.3. The zero-order chi connectivity index (χ0) is 7.94. The van der Waals surface area contributed by atoms with E-state index in [-0.39, 0.29) is 0 Å². The van der Waals surface area contributed by atoms with E-state index < -0.39 is 6.17 Å². The van der Waals surface area contributed by atoms with Gasteiger partial charge in [0.1, 0.15) is 6.17 Å². The first-order chi connectivity index (χ1) is 5.39. The summed E-state index contributed by atoms with van der Waals surface area (Å²) in [7, 11) is 0. The Hall–Kier alpha value is -0.0700. The SMILES string of the molecule is C1CCCC1.FC1CCCC1. The van der Waals surface area contributed by atoms with Crippen LogP contribution in [-0.4, -0.2) is 6.17 Å². The molecule has 2 aliphatic rings. The first kappa shape index (κ1) is 9.02. The monoisotopic (exact) mass is 158 g/mol. The third-order valence-corrected chi connectivity index (χ3v) is 2.53. The lowest BCUT2D eigenvalue weighted by atomic mass is 10.3. The van der Waals surface area contributed by atoms with Crippen molar-refractivity contribution in [1.82, 2.24) is 0 Å². The third kappa shape index (κ3) is 4.39. The third-order valence-electron chi connectivity index (χ3n) is 2.53. The van der Waals surface area contributed by atoms with Gasteiger partial charge in [-0.1, -0.05) is 44.9 Å². The van der Waals surface area contributed by atoms with Gasteiger partial charge in [0.05, 0.1) is 0 Å². The van der Waals surface area contributed by atoms with Crippen molar-refractivity contribution in [2.24, 2.45) is 0 Å². The second-order valence-electron chi connectivity index (χ2n) is 3.65. The molecular weight excluding hydrogens is 139 g/mol. The molecule has 0 aromatic heterocycles. The van der Waals surface area contributed by atoms with Crippen molar-refractivity contribution in [3.63, 3.8) is 0 Å². The molecule has 2 saturated carbocycles. The Morgan fingerprint density at radius 2 is 1.00 bits per heavy atom. The molecule has 2 rings (SSSR count). The lowest BCUT2D eigenvalue weighted by molar-refractivity contribution is 0.343. The van der Waals surface area contributed by atoms with Crippen LogP contribution in [0.2, 0.25) is 0 Å². The molecule has 0 heterocycles. The molecule has 2 aliphatic carbocycles. The standard InChI is InChI=1S/C5H9F.C5H10/c6-5-3-1-2-4-5;1-2-4-5-3-1/h5H,1-4H2;1-5H2. The maximum Gasteiger partial charge on any atom is 0.100 e. The molecule has 0 unspecified atom stereocenters. The minimum atomic E-state index is -0.454. The Balaban J connectivity index is 0.000000112. The fourth-order valence-corrected chi connectivity index (χ4v) is 1.76. The zero-order valence-electron chi connectivity index (χ0n) is 7.32. The molecule has 0 aliphatic heterocycles. The molecule has 0 amide bonds. The molecule has 0 nitrogen and oxygen atoms in total. The summed E-state index contributed by atoms with van der Waals surface area (Å²) in [5.41, 5.74) is 0. The summed E-state index contributed by atoms with van der Waals surface area (Å²) >= 11 is 0. The number of alkyl halides is 1. The average Bonchev–Trinajstić information content (AvgIpc) is 2.57. The van der Waals surface area contributed by atoms with Crippen molar-refractivity contribution >= 4 is 0 Å². The summed E-state index contributed by atoms with van der Waals surface area (Å²) in [6.07, 6.45) is 10.9. The van der Waals surface area contributed by atoms with Crippen molar-refractivity contribution in [3.05, 3.63) is 0 Å². The fourth-order valence-electron chi connectivity index (χ4n) is 1.76. The van der Waals surface area contributed by atoms with Crippen LogP contribution in [0.3, 0.4) is 0 Å². The lowest BCUT2D eigenvalue weighted by Gasteiger charge is -1.86. The molecule has 0 spiro atoms. The molecule has 66 valence electrons. The molecule has 0 N–H and O–H groups in total. The highest BCUT2D eigenvalue weighted by Crippen LogP contribution is 2.19. The Morgan fingerprint density at radius 1 is 0.636 bits per heavy atom. The molecule has 11 heavy (non-hydrogen) atoms. The van der Waals surface area contributed by atoms with Crippen molar-refractivity contribution < 1.29 is 4.39 Å². The zero-order valence-corrected chi connectivity index (χ0v) is 7.32. The summed E-state index contributed by atoms with van der Waals surface area (Å²) < 4.78 is 11.9. The van der Waals surface area contributed by atoms with Crippen molar-refractivity contribution in [2.75, 3.05) is 0 Å². The first-order valence-electron chi connectivity index (χ1n) is 5.03. The molecular formula is C10H19F. The molecule has 0 aromatic carbocycles. The van der Waals surface area contributed by atoms with Gasteiger partial charge >= 0.3 is 0 Å². The maximum atomic E-state index is 11.9. The molecule has 0 bridgehead atoms. The highest BCUT2D eigenvalue weighted by atomic mass is 19.1. The van der Waals surface area contributed by atoms with E-state index in [9.17, 15) is 4.39 Å². The van der Waals surface area contributed by atoms with E-state index in [0.29, 0.717) is 0 Å². The van der Waals surface area contributed by atoms with Gasteiger partial charge in [0.25, 0.3) is 0 Å². The number of hydrogen-bond acceptors (Lipinski definition) is 0. The average molecular weight is 158 g/mol. The van der Waals surface area contributed by atoms with Crippen LogP contribution in [0, 0.1) is 0 Å². The first-order valence-corrected chi connectivity index (χ1v) is 5.03. The van der Waals surface area contributed by atoms with E-state index >= 15 is 0 Å². The quantitative estimate of drug-likeness (QED) is 0.502. The largest absolute Gasteiger partial charge is 0.247 e. The van der Waals surface area contributed by atoms with Gasteiger partial charge in [0.15, 0.2) is 0 Å². The summed E-state index contributed by atoms with van der Waals surface area (Å²) in [6.45, 7) is 0. The van der Waals surface area contributed by atoms with Gasteiger partial charge in [0, 0.05) is 0 Å². The van der Waals surface area contributed by atoms with Crippen molar-refractivity contribution in [1.29, 1.82) is 0 Å². The van der Waals surface area contributed by atoms with Crippen LogP contribution in [0.25, 0.3) is 0 Å². The molecule has 0 atom stereocenters. The van der Waals surface area contributed by atoms with Gasteiger partial charge in [-0.3, -0.25) is 0 Å². The molecule has 0 saturated heterocycles. The summed E-state index contributed by atoms with van der Waals surface area (Å²) in [5.74, 6) is 0. The lowest BCUT2D eigenvalue weighted by Crippen LogP contribution is -1.85. The number of halogens is 1. The van der Waals surface area contributed by atoms with Crippen LogP contribution in [0.15, 0.2) is 0 Å². The van der Waals surface area contributed by atoms with Gasteiger partial charge in [0.2, 0.25) is 0 Å². The topological polar surface area (TPSA) is 0 Å². The Labute approximate surface area is 69.2 Å². The predicted molar refractivity (Wildman–Crippen MR) is 46.4 cm³/mol. The van der Waals surface area contributed by atoms with E-state index in [1.165, 1.54) is 32.1 Å². The van der Waals surface area contributed by atoms with Crippen LogP contribution in [0.1, 0.15) is 57.8 Å². The smallest absolute Gasteiger partial charge is 0.100 e. The van der Waals surface area contributed by atoms with Crippen LogP contribution in [0.5, 0.6) is 0 Å². The van der Waals surface area contributed by atoms with Gasteiger partial charge in [-0.2, -0.15) is 0 Å². The van der Waals surface area contributed by atoms with E-state index in [1.54, 1.807) is 0 Å². The van der Waals surface area contributed by atoms with E-state index in [0.717, 1.165) is 25.7 Å². The van der Waals surface area contributed by atoms with Crippen LogP contribution < -0.4 is 0 Å². The molecule has 0 radical (unpaired) electrons. The van der Waals surface area contributed by atoms with Crippen LogP contribution in [-0.2, 0) is 0 Å². The summed E-state index contributed by atoms with van der Waals surface area (Å²) in [4.78, 5) is 0. The Morgan fingerprint density at radius 3 is 1.18 bits per heavy atom. The summed E-state index contributed by atoms with van der Waals surface area (Å²) in [5, 5.41) is 0. The van der Waals surface area contributed by atoms with Gasteiger partial charge in [-0.15, -0.1) is 0 Å². The highest BCUT2D eigenvalue weighted by molar-refractivity contribution is 4.63. The minimum Gasteiger partial charge on any atom is -0.247 e. The molecule has 2 fully saturated rings. The van der Waals surface area contributed by atoms with Crippen molar-refractivity contribution in [3.8, 4) is 0 Å². The fraction of sp³-hybridized carbons (Fsp3) is 1.00. The number of rotatable bonds is 0. The molecule has 1 heteroatoms. The van der Waals surface area contributed by atoms with E-state index in [4.69, 9.17) is 0 Å². The van der Waals surface area contributed by atoms with Gasteiger partial charge < -0.3 is 0 Å². The second kappa shape index (κ2) is 5.56. The predicted octanol–water partition coefficient (Wildman–Crippen LogP) is 3.85. The normalized spacial score (nSPS) is 24.8. The van der Waals surface area contributed by atoms with Crippen LogP contribution >= 0.6 is 0 Å². The second-order valence-corrected chi connectivity index (χ2v) is 3.65. The van der Waals surface area contributed by atoms with E-state index in [2.05, 4.69) is 0 Å². The van der Waals surface area contributed by atoms with Gasteiger partial charge in [-0.25, -0.2) is 4.39 Å². The maximum absolute atomic E-state index is 11.9. The summed E-state index contributed by atoms with van der Waals surface area (Å²) in [6, 6.07) is 0.